The van der Waals surface area contributed by atoms with Crippen LogP contribution in [0.25, 0.3) is 16.5 Å². The third-order valence-corrected chi connectivity index (χ3v) is 9.14. The van der Waals surface area contributed by atoms with E-state index >= 15 is 0 Å². The fourth-order valence-electron chi connectivity index (χ4n) is 6.35. The molecule has 0 radical (unpaired) electrons. The molecule has 1 aromatic heterocycles. The molecular weight excluding hydrogens is 558 g/mol. The number of fused-ring (bicyclic) bond motifs is 5. The summed E-state index contributed by atoms with van der Waals surface area (Å²) in [5, 5.41) is 1.32. The highest BCUT2D eigenvalue weighted by molar-refractivity contribution is 9.11. The van der Waals surface area contributed by atoms with Gasteiger partial charge in [0.2, 0.25) is 0 Å². The maximum absolute atomic E-state index is 3.92. The van der Waals surface area contributed by atoms with Gasteiger partial charge in [-0.05, 0) is 74.3 Å². The van der Waals surface area contributed by atoms with Crippen LogP contribution < -0.4 is 0 Å². The summed E-state index contributed by atoms with van der Waals surface area (Å²) in [6, 6.07) is 35.4. The Labute approximate surface area is 222 Å². The topological polar surface area (TPSA) is 15.8 Å². The molecule has 0 fully saturated rings. The highest BCUT2D eigenvalue weighted by atomic mass is 79.9. The Morgan fingerprint density at radius 1 is 0.629 bits per heavy atom. The molecule has 2 aliphatic carbocycles. The normalized spacial score (nSPS) is 18.8. The van der Waals surface area contributed by atoms with E-state index in [1.165, 1.54) is 54.5 Å². The number of allylic oxidation sites excluding steroid dienone is 2. The lowest BCUT2D eigenvalue weighted by molar-refractivity contribution is 0.758. The zero-order valence-electron chi connectivity index (χ0n) is 19.1. The number of halogens is 2. The number of hydrogen-bond acceptors (Lipinski definition) is 0. The van der Waals surface area contributed by atoms with Crippen LogP contribution in [0.3, 0.4) is 0 Å². The van der Waals surface area contributed by atoms with E-state index in [9.17, 15) is 0 Å². The first kappa shape index (κ1) is 21.4. The van der Waals surface area contributed by atoms with Gasteiger partial charge in [-0.15, -0.1) is 0 Å². The van der Waals surface area contributed by atoms with E-state index in [1.54, 1.807) is 5.57 Å². The van der Waals surface area contributed by atoms with Crippen molar-refractivity contribution in [1.82, 2.24) is 4.98 Å². The highest BCUT2D eigenvalue weighted by Gasteiger charge is 2.41. The van der Waals surface area contributed by atoms with Gasteiger partial charge in [-0.3, -0.25) is 0 Å². The van der Waals surface area contributed by atoms with E-state index in [1.807, 2.05) is 0 Å². The molecule has 170 valence electrons. The van der Waals surface area contributed by atoms with Crippen LogP contribution in [-0.2, 0) is 6.42 Å². The van der Waals surface area contributed by atoms with Gasteiger partial charge in [-0.1, -0.05) is 106 Å². The molecule has 1 N–H and O–H groups in total. The third kappa shape index (κ3) is 3.25. The highest BCUT2D eigenvalue weighted by Crippen LogP contribution is 2.57. The van der Waals surface area contributed by atoms with Crippen LogP contribution in [-0.4, -0.2) is 4.98 Å². The number of H-pyrrole nitrogens is 1. The van der Waals surface area contributed by atoms with E-state index in [0.717, 1.165) is 17.3 Å². The molecule has 0 saturated heterocycles. The van der Waals surface area contributed by atoms with E-state index in [4.69, 9.17) is 0 Å². The van der Waals surface area contributed by atoms with Gasteiger partial charge in [-0.25, -0.2) is 0 Å². The first-order valence-corrected chi connectivity index (χ1v) is 13.7. The van der Waals surface area contributed by atoms with Gasteiger partial charge in [-0.2, -0.15) is 0 Å². The van der Waals surface area contributed by atoms with Crippen molar-refractivity contribution >= 4 is 48.3 Å². The van der Waals surface area contributed by atoms with Crippen LogP contribution in [0.1, 0.15) is 51.8 Å². The molecule has 1 heterocycles. The smallest absolute Gasteiger partial charge is 0.0603 e. The molecule has 0 bridgehead atoms. The molecule has 0 saturated carbocycles. The molecule has 4 aromatic carbocycles. The summed E-state index contributed by atoms with van der Waals surface area (Å²) in [6.45, 7) is 0. The van der Waals surface area contributed by atoms with Crippen LogP contribution in [0.5, 0.6) is 0 Å². The molecule has 35 heavy (non-hydrogen) atoms. The summed E-state index contributed by atoms with van der Waals surface area (Å²) in [5.41, 5.74) is 12.5. The third-order valence-electron chi connectivity index (χ3n) is 7.73. The SMILES string of the molecule is Brc1cccc2c1CCC1=C2C(c2ccccc2)c2[nH]c3c(Br)cccc3c2C1c1ccccc1. The Kier molecular flexibility index (Phi) is 5.11. The summed E-state index contributed by atoms with van der Waals surface area (Å²) in [7, 11) is 0. The van der Waals surface area contributed by atoms with Crippen LogP contribution in [0.4, 0.5) is 0 Å². The van der Waals surface area contributed by atoms with Crippen molar-refractivity contribution in [1.29, 1.82) is 0 Å². The van der Waals surface area contributed by atoms with Gasteiger partial charge < -0.3 is 4.98 Å². The summed E-state index contributed by atoms with van der Waals surface area (Å²) >= 11 is 7.70. The Morgan fingerprint density at radius 2 is 1.29 bits per heavy atom. The van der Waals surface area contributed by atoms with Crippen LogP contribution in [0.15, 0.2) is 112 Å². The molecule has 1 nitrogen and oxygen atoms in total. The summed E-state index contributed by atoms with van der Waals surface area (Å²) < 4.78 is 2.33. The Balaban J connectivity index is 1.63. The number of aromatic amines is 1. The molecule has 3 heteroatoms. The first-order valence-electron chi connectivity index (χ1n) is 12.1. The molecular formula is C32H23Br2N. The van der Waals surface area contributed by atoms with Crippen LogP contribution in [0, 0.1) is 0 Å². The van der Waals surface area contributed by atoms with Gasteiger partial charge >= 0.3 is 0 Å². The molecule has 7 rings (SSSR count). The van der Waals surface area contributed by atoms with Gasteiger partial charge in [0.25, 0.3) is 0 Å². The quantitative estimate of drug-likeness (QED) is 0.214. The van der Waals surface area contributed by atoms with Crippen molar-refractivity contribution < 1.29 is 0 Å². The maximum Gasteiger partial charge on any atom is 0.0603 e. The second-order valence-corrected chi connectivity index (χ2v) is 11.2. The van der Waals surface area contributed by atoms with Gasteiger partial charge in [0.05, 0.1) is 5.52 Å². The summed E-state index contributed by atoms with van der Waals surface area (Å²) in [6.07, 6.45) is 2.12. The maximum atomic E-state index is 3.92. The first-order chi connectivity index (χ1) is 17.2. The van der Waals surface area contributed by atoms with Crippen molar-refractivity contribution in [2.24, 2.45) is 0 Å². The van der Waals surface area contributed by atoms with Crippen molar-refractivity contribution in [3.63, 3.8) is 0 Å². The van der Waals surface area contributed by atoms with Gasteiger partial charge in [0.1, 0.15) is 0 Å². The number of hydrogen-bond donors (Lipinski definition) is 1. The number of aromatic nitrogens is 1. The predicted octanol–water partition coefficient (Wildman–Crippen LogP) is 9.37. The van der Waals surface area contributed by atoms with Gasteiger partial charge in [0.15, 0.2) is 0 Å². The van der Waals surface area contributed by atoms with Crippen molar-refractivity contribution in [3.05, 3.63) is 145 Å². The Bertz CT molecular complexity index is 1610. The van der Waals surface area contributed by atoms with Crippen molar-refractivity contribution in [3.8, 4) is 0 Å². The fourth-order valence-corrected chi connectivity index (χ4v) is 7.38. The standard InChI is InChI=1S/C32H23Br2N/c33-25-15-7-13-22-21(25)17-18-23-27(19-9-3-1-4-10-19)30-24-14-8-16-26(34)31(24)35-32(30)28(29(22)23)20-11-5-2-6-12-20/h1-16,27-28,35H,17-18H2. The monoisotopic (exact) mass is 579 g/mol. The van der Waals surface area contributed by atoms with E-state index < -0.39 is 0 Å². The predicted molar refractivity (Wildman–Crippen MR) is 152 cm³/mol. The molecule has 0 aliphatic heterocycles. The molecule has 0 spiro atoms. The van der Waals surface area contributed by atoms with Crippen LogP contribution in [0.2, 0.25) is 0 Å². The lowest BCUT2D eigenvalue weighted by atomic mass is 9.65. The Morgan fingerprint density at radius 3 is 2.03 bits per heavy atom. The summed E-state index contributed by atoms with van der Waals surface area (Å²) in [4.78, 5) is 3.92. The number of benzene rings is 4. The minimum absolute atomic E-state index is 0.161. The second-order valence-electron chi connectivity index (χ2n) is 9.51. The average Bonchev–Trinajstić information content (AvgIpc) is 3.29. The van der Waals surface area contributed by atoms with Gasteiger partial charge in [0, 0.05) is 31.9 Å². The molecule has 5 aromatic rings. The lowest BCUT2D eigenvalue weighted by Crippen LogP contribution is -2.23. The number of nitrogens with one attached hydrogen (secondary N) is 1. The minimum atomic E-state index is 0.161. The Hall–Kier alpha value is -2.88. The fraction of sp³-hybridized carbons (Fsp3) is 0.125. The molecule has 2 unspecified atom stereocenters. The average molecular weight is 581 g/mol. The molecule has 2 atom stereocenters. The zero-order chi connectivity index (χ0) is 23.5. The number of rotatable bonds is 2. The van der Waals surface area contributed by atoms with Crippen molar-refractivity contribution in [2.45, 2.75) is 24.7 Å². The number of para-hydroxylation sites is 1. The lowest BCUT2D eigenvalue weighted by Gasteiger charge is -2.39. The minimum Gasteiger partial charge on any atom is -0.356 e. The van der Waals surface area contributed by atoms with E-state index in [0.29, 0.717) is 0 Å². The van der Waals surface area contributed by atoms with E-state index in [-0.39, 0.29) is 11.8 Å². The second kappa shape index (κ2) is 8.36. The van der Waals surface area contributed by atoms with E-state index in [2.05, 4.69) is 134 Å². The zero-order valence-corrected chi connectivity index (χ0v) is 22.2. The molecule has 2 aliphatic rings. The van der Waals surface area contributed by atoms with Crippen LogP contribution >= 0.6 is 31.9 Å². The molecule has 0 amide bonds. The summed E-state index contributed by atoms with van der Waals surface area (Å²) in [5.74, 6) is 0.394. The largest absolute Gasteiger partial charge is 0.356 e. The van der Waals surface area contributed by atoms with Crippen molar-refractivity contribution in [2.75, 3.05) is 0 Å².